The number of anilines is 1. The van der Waals surface area contributed by atoms with E-state index in [-0.39, 0.29) is 22.7 Å². The normalized spacial score (nSPS) is 13.1. The summed E-state index contributed by atoms with van der Waals surface area (Å²) in [4.78, 5) is 0.191. The van der Waals surface area contributed by atoms with E-state index >= 15 is 0 Å². The van der Waals surface area contributed by atoms with Crippen molar-refractivity contribution in [3.63, 3.8) is 0 Å². The van der Waals surface area contributed by atoms with Crippen molar-refractivity contribution < 1.29 is 17.6 Å². The summed E-state index contributed by atoms with van der Waals surface area (Å²) >= 11 is -0.103. The highest BCUT2D eigenvalue weighted by atomic mass is 32.2. The number of nitrogens with one attached hydrogen (secondary N) is 1. The number of rotatable bonds is 6. The molecule has 0 saturated carbocycles. The summed E-state index contributed by atoms with van der Waals surface area (Å²) in [5, 5.41) is 3.26. The van der Waals surface area contributed by atoms with E-state index in [9.17, 15) is 13.2 Å². The summed E-state index contributed by atoms with van der Waals surface area (Å²) in [5.41, 5.74) is -3.43. The van der Waals surface area contributed by atoms with Crippen molar-refractivity contribution in [2.45, 2.75) is 36.2 Å². The second-order valence-electron chi connectivity index (χ2n) is 4.74. The van der Waals surface area contributed by atoms with Gasteiger partial charge in [-0.3, -0.25) is 0 Å². The van der Waals surface area contributed by atoms with E-state index < -0.39 is 5.51 Å². The number of furan rings is 1. The quantitative estimate of drug-likeness (QED) is 0.730. The third-order valence-electron chi connectivity index (χ3n) is 2.90. The molecule has 0 fully saturated rings. The number of hydrogen-bond donors (Lipinski definition) is 1. The van der Waals surface area contributed by atoms with Gasteiger partial charge in [0.15, 0.2) is 0 Å². The molecule has 114 valence electrons. The summed E-state index contributed by atoms with van der Waals surface area (Å²) in [6, 6.07) is 10.3. The second-order valence-corrected chi connectivity index (χ2v) is 5.87. The van der Waals surface area contributed by atoms with Crippen LogP contribution in [-0.2, 0) is 6.42 Å². The summed E-state index contributed by atoms with van der Waals surface area (Å²) in [5.74, 6) is 0.931. The molecule has 0 aliphatic rings. The molecule has 2 rings (SSSR count). The zero-order valence-corrected chi connectivity index (χ0v) is 12.3. The SMILES string of the molecule is CC(CCc1ccco1)Nc1ccc(SC(F)(F)F)cc1. The monoisotopic (exact) mass is 315 g/mol. The van der Waals surface area contributed by atoms with Crippen LogP contribution in [0.4, 0.5) is 18.9 Å². The lowest BCUT2D eigenvalue weighted by molar-refractivity contribution is -0.0328. The lowest BCUT2D eigenvalue weighted by atomic mass is 10.1. The predicted molar refractivity (Wildman–Crippen MR) is 78.5 cm³/mol. The summed E-state index contributed by atoms with van der Waals surface area (Å²) in [7, 11) is 0. The molecule has 6 heteroatoms. The fourth-order valence-electron chi connectivity index (χ4n) is 1.92. The van der Waals surface area contributed by atoms with Crippen LogP contribution in [-0.4, -0.2) is 11.6 Å². The van der Waals surface area contributed by atoms with Crippen molar-refractivity contribution in [3.8, 4) is 0 Å². The Morgan fingerprint density at radius 3 is 2.48 bits per heavy atom. The van der Waals surface area contributed by atoms with E-state index in [4.69, 9.17) is 4.42 Å². The lowest BCUT2D eigenvalue weighted by Gasteiger charge is -2.15. The summed E-state index contributed by atoms with van der Waals surface area (Å²) in [6.45, 7) is 2.03. The van der Waals surface area contributed by atoms with Crippen molar-refractivity contribution >= 4 is 17.4 Å². The molecule has 1 N–H and O–H groups in total. The van der Waals surface area contributed by atoms with Crippen molar-refractivity contribution in [2.75, 3.05) is 5.32 Å². The molecule has 1 heterocycles. The second kappa shape index (κ2) is 6.93. The largest absolute Gasteiger partial charge is 0.469 e. The van der Waals surface area contributed by atoms with Gasteiger partial charge in [-0.2, -0.15) is 13.2 Å². The van der Waals surface area contributed by atoms with Crippen molar-refractivity contribution in [1.82, 2.24) is 0 Å². The molecule has 2 nitrogen and oxygen atoms in total. The topological polar surface area (TPSA) is 25.2 Å². The Kier molecular flexibility index (Phi) is 5.22. The Morgan fingerprint density at radius 1 is 1.19 bits per heavy atom. The molecule has 1 aromatic carbocycles. The highest BCUT2D eigenvalue weighted by molar-refractivity contribution is 8.00. The maximum absolute atomic E-state index is 12.2. The van der Waals surface area contributed by atoms with E-state index in [1.807, 2.05) is 19.1 Å². The Bertz CT molecular complexity index is 537. The first-order valence-electron chi connectivity index (χ1n) is 6.57. The van der Waals surface area contributed by atoms with Gasteiger partial charge in [-0.1, -0.05) is 0 Å². The van der Waals surface area contributed by atoms with Gasteiger partial charge in [0, 0.05) is 23.0 Å². The van der Waals surface area contributed by atoms with E-state index in [1.54, 1.807) is 18.4 Å². The highest BCUT2D eigenvalue weighted by Gasteiger charge is 2.28. The van der Waals surface area contributed by atoms with Gasteiger partial charge in [0.05, 0.1) is 6.26 Å². The summed E-state index contributed by atoms with van der Waals surface area (Å²) in [6.07, 6.45) is 3.35. The Balaban J connectivity index is 1.82. The molecule has 1 atom stereocenters. The van der Waals surface area contributed by atoms with Crippen LogP contribution >= 0.6 is 11.8 Å². The van der Waals surface area contributed by atoms with E-state index in [1.165, 1.54) is 12.1 Å². The van der Waals surface area contributed by atoms with Crippen LogP contribution in [0.5, 0.6) is 0 Å². The molecule has 1 unspecified atom stereocenters. The van der Waals surface area contributed by atoms with E-state index in [0.29, 0.717) is 0 Å². The van der Waals surface area contributed by atoms with Crippen LogP contribution in [0.3, 0.4) is 0 Å². The van der Waals surface area contributed by atoms with Gasteiger partial charge >= 0.3 is 5.51 Å². The van der Waals surface area contributed by atoms with Gasteiger partial charge in [0.25, 0.3) is 0 Å². The minimum absolute atomic E-state index is 0.103. The average molecular weight is 315 g/mol. The Morgan fingerprint density at radius 2 is 1.90 bits per heavy atom. The minimum atomic E-state index is -4.24. The molecule has 21 heavy (non-hydrogen) atoms. The van der Waals surface area contributed by atoms with Gasteiger partial charge < -0.3 is 9.73 Å². The number of benzene rings is 1. The van der Waals surface area contributed by atoms with Crippen LogP contribution in [0.2, 0.25) is 0 Å². The number of alkyl halides is 3. The molecule has 1 aromatic heterocycles. The molecule has 0 spiro atoms. The van der Waals surface area contributed by atoms with Gasteiger partial charge in [-0.15, -0.1) is 0 Å². The molecule has 0 bridgehead atoms. The number of halogens is 3. The average Bonchev–Trinajstić information content (AvgIpc) is 2.90. The third kappa shape index (κ3) is 5.75. The van der Waals surface area contributed by atoms with E-state index in [0.717, 1.165) is 24.3 Å². The first kappa shape index (κ1) is 15.8. The molecule has 0 amide bonds. The van der Waals surface area contributed by atoms with Crippen LogP contribution in [0, 0.1) is 0 Å². The maximum atomic E-state index is 12.2. The zero-order valence-electron chi connectivity index (χ0n) is 11.5. The number of thioether (sulfide) groups is 1. The van der Waals surface area contributed by atoms with Crippen LogP contribution in [0.15, 0.2) is 52.0 Å². The smallest absolute Gasteiger partial charge is 0.446 e. The molecule has 0 saturated heterocycles. The minimum Gasteiger partial charge on any atom is -0.469 e. The molecule has 2 aromatic rings. The van der Waals surface area contributed by atoms with Crippen molar-refractivity contribution in [3.05, 3.63) is 48.4 Å². The Hall–Kier alpha value is -1.56. The number of aryl methyl sites for hydroxylation is 1. The standard InChI is InChI=1S/C15H16F3NOS/c1-11(4-7-13-3-2-10-20-13)19-12-5-8-14(9-6-12)21-15(16,17)18/h2-3,5-6,8-11,19H,4,7H2,1H3. The maximum Gasteiger partial charge on any atom is 0.446 e. The predicted octanol–water partition coefficient (Wildman–Crippen LogP) is 5.32. The fourth-order valence-corrected chi connectivity index (χ4v) is 2.46. The van der Waals surface area contributed by atoms with E-state index in [2.05, 4.69) is 5.32 Å². The van der Waals surface area contributed by atoms with Gasteiger partial charge in [0.2, 0.25) is 0 Å². The molecule has 0 aliphatic heterocycles. The van der Waals surface area contributed by atoms with Gasteiger partial charge in [-0.05, 0) is 61.5 Å². The van der Waals surface area contributed by atoms with Crippen LogP contribution < -0.4 is 5.32 Å². The fraction of sp³-hybridized carbons (Fsp3) is 0.333. The van der Waals surface area contributed by atoms with Crippen LogP contribution in [0.25, 0.3) is 0 Å². The van der Waals surface area contributed by atoms with Crippen molar-refractivity contribution in [1.29, 1.82) is 0 Å². The third-order valence-corrected chi connectivity index (χ3v) is 3.64. The number of hydrogen-bond acceptors (Lipinski definition) is 3. The van der Waals surface area contributed by atoms with Crippen molar-refractivity contribution in [2.24, 2.45) is 0 Å². The summed E-state index contributed by atoms with van der Waals surface area (Å²) < 4.78 is 41.9. The molecule has 0 aliphatic carbocycles. The van der Waals surface area contributed by atoms with Crippen LogP contribution in [0.1, 0.15) is 19.1 Å². The zero-order chi connectivity index (χ0) is 15.3. The molecular formula is C15H16F3NOS. The molecule has 0 radical (unpaired) electrons. The van der Waals surface area contributed by atoms with Gasteiger partial charge in [0.1, 0.15) is 5.76 Å². The van der Waals surface area contributed by atoms with Gasteiger partial charge in [-0.25, -0.2) is 0 Å². The first-order chi connectivity index (χ1) is 9.92. The molecular weight excluding hydrogens is 299 g/mol. The lowest BCUT2D eigenvalue weighted by Crippen LogP contribution is -2.15. The Labute approximate surface area is 125 Å². The highest BCUT2D eigenvalue weighted by Crippen LogP contribution is 2.37. The first-order valence-corrected chi connectivity index (χ1v) is 7.39.